The van der Waals surface area contributed by atoms with Gasteiger partial charge in [-0.25, -0.2) is 0 Å². The van der Waals surface area contributed by atoms with Gasteiger partial charge in [0.15, 0.2) is 0 Å². The first kappa shape index (κ1) is 208. The van der Waals surface area contributed by atoms with Gasteiger partial charge in [0.2, 0.25) is 0 Å². The second kappa shape index (κ2) is 125. The molecule has 0 spiro atoms. The smallest absolute Gasteiger partial charge is 0 e. The topological polar surface area (TPSA) is 158 Å². The summed E-state index contributed by atoms with van der Waals surface area (Å²) in [6.45, 7) is 0. The SMILES string of the molecule is O.O.O.O.O.[Sm]. The van der Waals surface area contributed by atoms with Crippen molar-refractivity contribution in [2.24, 2.45) is 0 Å². The Morgan fingerprint density at radius 1 is 0.333 bits per heavy atom. The maximum absolute atomic E-state index is 0. The fourth-order valence-electron chi connectivity index (χ4n) is 0. The Hall–Kier alpha value is 1.14. The molecule has 0 aromatic rings. The van der Waals surface area contributed by atoms with Crippen LogP contribution in [0.1, 0.15) is 0 Å². The molecule has 0 unspecified atom stereocenters. The second-order valence-electron chi connectivity index (χ2n) is 0. The fourth-order valence-corrected chi connectivity index (χ4v) is 0. The van der Waals surface area contributed by atoms with Crippen LogP contribution in [-0.4, -0.2) is 27.4 Å². The molecule has 0 saturated heterocycles. The Morgan fingerprint density at radius 2 is 0.333 bits per heavy atom. The molecule has 0 fully saturated rings. The Morgan fingerprint density at radius 3 is 0.333 bits per heavy atom. The molecule has 46 valence electrons. The minimum Gasteiger partial charge on any atom is -0.412 e. The van der Waals surface area contributed by atoms with Gasteiger partial charge in [-0.2, -0.15) is 0 Å². The van der Waals surface area contributed by atoms with E-state index in [4.69, 9.17) is 0 Å². The molecule has 0 aliphatic carbocycles. The van der Waals surface area contributed by atoms with Crippen molar-refractivity contribution in [3.05, 3.63) is 0 Å². The van der Waals surface area contributed by atoms with Gasteiger partial charge in [0.25, 0.3) is 0 Å². The quantitative estimate of drug-likeness (QED) is 0.403. The van der Waals surface area contributed by atoms with Crippen LogP contribution in [0.3, 0.4) is 0 Å². The van der Waals surface area contributed by atoms with Crippen LogP contribution in [0.2, 0.25) is 0 Å². The van der Waals surface area contributed by atoms with E-state index in [0.717, 1.165) is 0 Å². The van der Waals surface area contributed by atoms with Crippen LogP contribution in [0, 0.1) is 40.4 Å². The summed E-state index contributed by atoms with van der Waals surface area (Å²) in [7, 11) is 0. The first-order chi connectivity index (χ1) is 0. The molecule has 0 radical (unpaired) electrons. The van der Waals surface area contributed by atoms with E-state index in [0.29, 0.717) is 0 Å². The van der Waals surface area contributed by atoms with Crippen molar-refractivity contribution in [1.29, 1.82) is 0 Å². The summed E-state index contributed by atoms with van der Waals surface area (Å²) in [5, 5.41) is 0. The molecule has 0 atom stereocenters. The summed E-state index contributed by atoms with van der Waals surface area (Å²) >= 11 is 0. The van der Waals surface area contributed by atoms with E-state index < -0.39 is 0 Å². The molecule has 0 heterocycles. The van der Waals surface area contributed by atoms with Crippen molar-refractivity contribution >= 4 is 0 Å². The standard InChI is InChI=1S/5H2O.Sm/h5*1H2;. The number of hydrogen-bond donors (Lipinski definition) is 0. The van der Waals surface area contributed by atoms with Crippen LogP contribution in [-0.2, 0) is 0 Å². The van der Waals surface area contributed by atoms with E-state index in [1.165, 1.54) is 0 Å². The summed E-state index contributed by atoms with van der Waals surface area (Å²) in [5.74, 6) is 0. The molecule has 6 heavy (non-hydrogen) atoms. The third-order valence-electron chi connectivity index (χ3n) is 0. The Bertz CT molecular complexity index is 3.90. The number of hydrogen-bond acceptors (Lipinski definition) is 0. The van der Waals surface area contributed by atoms with Gasteiger partial charge in [0, 0.05) is 40.4 Å². The van der Waals surface area contributed by atoms with E-state index in [-0.39, 0.29) is 67.8 Å². The molecule has 0 aromatic heterocycles. The van der Waals surface area contributed by atoms with Crippen LogP contribution < -0.4 is 0 Å². The molecule has 0 aliphatic heterocycles. The maximum Gasteiger partial charge on any atom is 0 e. The largest absolute Gasteiger partial charge is 0.412 e. The van der Waals surface area contributed by atoms with Crippen molar-refractivity contribution < 1.29 is 67.8 Å². The molecule has 5 nitrogen and oxygen atoms in total. The van der Waals surface area contributed by atoms with E-state index in [1.807, 2.05) is 0 Å². The summed E-state index contributed by atoms with van der Waals surface area (Å²) < 4.78 is 0. The zero-order valence-electron chi connectivity index (χ0n) is 2.91. The van der Waals surface area contributed by atoms with Gasteiger partial charge in [0.05, 0.1) is 0 Å². The van der Waals surface area contributed by atoms with Crippen molar-refractivity contribution in [3.63, 3.8) is 0 Å². The Kier molecular flexibility index (Phi) is 4330. The van der Waals surface area contributed by atoms with Gasteiger partial charge >= 0.3 is 0 Å². The molecule has 10 N–H and O–H groups in total. The van der Waals surface area contributed by atoms with Crippen LogP contribution in [0.4, 0.5) is 0 Å². The van der Waals surface area contributed by atoms with E-state index in [2.05, 4.69) is 0 Å². The first-order valence-electron chi connectivity index (χ1n) is 0. The van der Waals surface area contributed by atoms with Gasteiger partial charge in [-0.1, -0.05) is 0 Å². The molecule has 0 amide bonds. The second-order valence-corrected chi connectivity index (χ2v) is 0. The van der Waals surface area contributed by atoms with E-state index >= 15 is 0 Å². The minimum atomic E-state index is 0. The molecular weight excluding hydrogens is 230 g/mol. The predicted octanol–water partition coefficient (Wildman–Crippen LogP) is -4.12. The van der Waals surface area contributed by atoms with Gasteiger partial charge in [-0.3, -0.25) is 0 Å². The summed E-state index contributed by atoms with van der Waals surface area (Å²) in [6, 6.07) is 0. The molecule has 6 heteroatoms. The molecule has 0 aliphatic rings. The first-order valence-corrected chi connectivity index (χ1v) is 0. The molecule has 0 aromatic carbocycles. The third kappa shape index (κ3) is 68.0. The van der Waals surface area contributed by atoms with Crippen LogP contribution in [0.5, 0.6) is 0 Å². The monoisotopic (exact) mass is 242 g/mol. The van der Waals surface area contributed by atoms with E-state index in [9.17, 15) is 0 Å². The zero-order valence-corrected chi connectivity index (χ0v) is 5.53. The normalized spacial score (nSPS) is 0. The fraction of sp³-hybridized carbons (Fsp3) is 0. The van der Waals surface area contributed by atoms with Gasteiger partial charge in [0.1, 0.15) is 0 Å². The van der Waals surface area contributed by atoms with Gasteiger partial charge in [-0.05, 0) is 0 Å². The Labute approximate surface area is 67.4 Å². The molecular formula is H10O5Sm. The van der Waals surface area contributed by atoms with Crippen LogP contribution in [0.15, 0.2) is 0 Å². The minimum absolute atomic E-state index is 0. The van der Waals surface area contributed by atoms with E-state index in [1.54, 1.807) is 0 Å². The number of rotatable bonds is 0. The maximum atomic E-state index is 0. The average molecular weight is 240 g/mol. The zero-order chi connectivity index (χ0) is 0. The average Bonchev–Trinajstić information content (AvgIpc) is 0. The molecule has 0 rings (SSSR count). The van der Waals surface area contributed by atoms with Crippen molar-refractivity contribution in [1.82, 2.24) is 0 Å². The van der Waals surface area contributed by atoms with Crippen molar-refractivity contribution in [2.45, 2.75) is 0 Å². The third-order valence-corrected chi connectivity index (χ3v) is 0. The summed E-state index contributed by atoms with van der Waals surface area (Å²) in [6.07, 6.45) is 0. The molecule has 0 bridgehead atoms. The Balaban J connectivity index is 0. The van der Waals surface area contributed by atoms with Crippen molar-refractivity contribution in [3.8, 4) is 0 Å². The molecule has 0 saturated carbocycles. The van der Waals surface area contributed by atoms with Crippen LogP contribution >= 0.6 is 0 Å². The van der Waals surface area contributed by atoms with Crippen molar-refractivity contribution in [2.75, 3.05) is 0 Å². The summed E-state index contributed by atoms with van der Waals surface area (Å²) in [5.41, 5.74) is 0. The van der Waals surface area contributed by atoms with Gasteiger partial charge in [-0.15, -0.1) is 0 Å². The predicted molar refractivity (Wildman–Crippen MR) is 18.1 cm³/mol. The summed E-state index contributed by atoms with van der Waals surface area (Å²) in [4.78, 5) is 0. The van der Waals surface area contributed by atoms with Gasteiger partial charge < -0.3 is 27.4 Å². The van der Waals surface area contributed by atoms with Crippen LogP contribution in [0.25, 0.3) is 0 Å².